The van der Waals surface area contributed by atoms with Gasteiger partial charge in [-0.05, 0) is 122 Å². The minimum atomic E-state index is -0.151. The molecule has 10 aromatic rings. The van der Waals surface area contributed by atoms with E-state index in [2.05, 4.69) is 196 Å². The van der Waals surface area contributed by atoms with E-state index in [0.717, 1.165) is 0 Å². The zero-order valence-electron chi connectivity index (χ0n) is 29.8. The van der Waals surface area contributed by atoms with E-state index in [-0.39, 0.29) is 5.41 Å². The van der Waals surface area contributed by atoms with Gasteiger partial charge in [0.2, 0.25) is 0 Å². The quantitative estimate of drug-likeness (QED) is 0.129. The van der Waals surface area contributed by atoms with E-state index in [9.17, 15) is 0 Å². The molecule has 0 unspecified atom stereocenters. The Balaban J connectivity index is 1.16. The average molecular weight is 673 g/mol. The lowest BCUT2D eigenvalue weighted by Crippen LogP contribution is -2.16. The maximum Gasteiger partial charge on any atom is 0.0171 e. The molecule has 1 aliphatic carbocycles. The maximum atomic E-state index is 2.44. The molecule has 53 heavy (non-hydrogen) atoms. The van der Waals surface area contributed by atoms with E-state index in [4.69, 9.17) is 0 Å². The second-order valence-electron chi connectivity index (χ2n) is 15.2. The summed E-state index contributed by atoms with van der Waals surface area (Å²) in [5, 5.41) is 12.9. The van der Waals surface area contributed by atoms with Crippen LogP contribution >= 0.6 is 0 Å². The molecule has 0 nitrogen and oxygen atoms in total. The molecule has 11 rings (SSSR count). The standard InChI is InChI=1S/C53H36/c1-53(2)51-38-20-6-3-15-33(38)29-30-47(51)46-28-14-27-39(52(46)53)34-17-13-18-36(31-34)49-42-23-9-11-25-44(42)50(45-26-12-10-24-43(45)49)48-32-35-16-4-5-19-37(35)40-21-7-8-22-41(40)48/h3-32H,1-2H3. The van der Waals surface area contributed by atoms with Crippen LogP contribution in [0.1, 0.15) is 25.0 Å². The zero-order chi connectivity index (χ0) is 35.3. The highest BCUT2D eigenvalue weighted by Gasteiger charge is 2.38. The molecular formula is C53H36. The van der Waals surface area contributed by atoms with E-state index < -0.39 is 0 Å². The lowest BCUT2D eigenvalue weighted by atomic mass is 9.77. The molecule has 0 amide bonds. The van der Waals surface area contributed by atoms with Gasteiger partial charge in [-0.15, -0.1) is 0 Å². The van der Waals surface area contributed by atoms with Crippen LogP contribution in [0.4, 0.5) is 0 Å². The fourth-order valence-corrected chi connectivity index (χ4v) is 9.82. The third-order valence-corrected chi connectivity index (χ3v) is 12.0. The molecule has 1 aliphatic rings. The van der Waals surface area contributed by atoms with Crippen molar-refractivity contribution in [1.29, 1.82) is 0 Å². The number of hydrogen-bond donors (Lipinski definition) is 0. The maximum absolute atomic E-state index is 2.44. The lowest BCUT2D eigenvalue weighted by molar-refractivity contribution is 0.668. The Bertz CT molecular complexity index is 3080. The summed E-state index contributed by atoms with van der Waals surface area (Å²) >= 11 is 0. The molecule has 0 fully saturated rings. The first kappa shape index (κ1) is 30.2. The Labute approximate surface area is 309 Å². The van der Waals surface area contributed by atoms with Gasteiger partial charge < -0.3 is 0 Å². The van der Waals surface area contributed by atoms with Gasteiger partial charge in [-0.1, -0.05) is 184 Å². The third kappa shape index (κ3) is 4.30. The predicted molar refractivity (Wildman–Crippen MR) is 228 cm³/mol. The number of hydrogen-bond acceptors (Lipinski definition) is 0. The van der Waals surface area contributed by atoms with Crippen molar-refractivity contribution in [2.75, 3.05) is 0 Å². The van der Waals surface area contributed by atoms with Gasteiger partial charge in [-0.25, -0.2) is 0 Å². The van der Waals surface area contributed by atoms with Gasteiger partial charge in [0.1, 0.15) is 0 Å². The molecule has 0 saturated carbocycles. The lowest BCUT2D eigenvalue weighted by Gasteiger charge is -2.26. The normalized spacial score (nSPS) is 13.2. The smallest absolute Gasteiger partial charge is 0.0171 e. The van der Waals surface area contributed by atoms with E-state index in [1.165, 1.54) is 109 Å². The summed E-state index contributed by atoms with van der Waals surface area (Å²) in [6.45, 7) is 4.82. The fourth-order valence-electron chi connectivity index (χ4n) is 9.82. The van der Waals surface area contributed by atoms with Crippen LogP contribution in [0.5, 0.6) is 0 Å². The second-order valence-corrected chi connectivity index (χ2v) is 15.2. The Hall–Kier alpha value is -6.50. The van der Waals surface area contributed by atoms with Crippen molar-refractivity contribution in [1.82, 2.24) is 0 Å². The molecule has 0 bridgehead atoms. The summed E-state index contributed by atoms with van der Waals surface area (Å²) in [7, 11) is 0. The first-order valence-electron chi connectivity index (χ1n) is 18.7. The number of benzene rings is 10. The molecular weight excluding hydrogens is 637 g/mol. The van der Waals surface area contributed by atoms with Crippen molar-refractivity contribution < 1.29 is 0 Å². The molecule has 0 heterocycles. The molecule has 248 valence electrons. The van der Waals surface area contributed by atoms with Crippen LogP contribution < -0.4 is 0 Å². The van der Waals surface area contributed by atoms with Crippen LogP contribution in [-0.4, -0.2) is 0 Å². The van der Waals surface area contributed by atoms with Gasteiger partial charge in [0.05, 0.1) is 0 Å². The van der Waals surface area contributed by atoms with Crippen molar-refractivity contribution in [3.05, 3.63) is 193 Å². The fraction of sp³-hybridized carbons (Fsp3) is 0.0566. The molecule has 0 heteroatoms. The van der Waals surface area contributed by atoms with Crippen molar-refractivity contribution in [2.24, 2.45) is 0 Å². The Morgan fingerprint density at radius 3 is 1.51 bits per heavy atom. The van der Waals surface area contributed by atoms with Gasteiger partial charge in [0, 0.05) is 5.41 Å². The van der Waals surface area contributed by atoms with Gasteiger partial charge in [0.15, 0.2) is 0 Å². The average Bonchev–Trinajstić information content (AvgIpc) is 3.46. The summed E-state index contributed by atoms with van der Waals surface area (Å²) in [5.74, 6) is 0. The second kappa shape index (κ2) is 11.2. The molecule has 10 aromatic carbocycles. The minimum Gasteiger partial charge on any atom is -0.0616 e. The molecule has 0 saturated heterocycles. The van der Waals surface area contributed by atoms with Crippen molar-refractivity contribution in [2.45, 2.75) is 19.3 Å². The molecule has 0 radical (unpaired) electrons. The first-order valence-corrected chi connectivity index (χ1v) is 18.7. The van der Waals surface area contributed by atoms with Gasteiger partial charge in [-0.2, -0.15) is 0 Å². The van der Waals surface area contributed by atoms with Crippen LogP contribution in [0.15, 0.2) is 182 Å². The predicted octanol–water partition coefficient (Wildman–Crippen LogP) is 14.8. The summed E-state index contributed by atoms with van der Waals surface area (Å²) in [6, 6.07) is 67.8. The summed E-state index contributed by atoms with van der Waals surface area (Å²) < 4.78 is 0. The highest BCUT2D eigenvalue weighted by atomic mass is 14.4. The highest BCUT2D eigenvalue weighted by molar-refractivity contribution is 6.25. The monoisotopic (exact) mass is 672 g/mol. The number of fused-ring (bicyclic) bond motifs is 10. The summed E-state index contributed by atoms with van der Waals surface area (Å²) in [4.78, 5) is 0. The third-order valence-electron chi connectivity index (χ3n) is 12.0. The van der Waals surface area contributed by atoms with Crippen LogP contribution in [0.2, 0.25) is 0 Å². The Morgan fingerprint density at radius 2 is 0.792 bits per heavy atom. The topological polar surface area (TPSA) is 0 Å². The van der Waals surface area contributed by atoms with Crippen LogP contribution in [0.3, 0.4) is 0 Å². The van der Waals surface area contributed by atoms with Crippen LogP contribution in [0.25, 0.3) is 98.4 Å². The Morgan fingerprint density at radius 1 is 0.283 bits per heavy atom. The highest BCUT2D eigenvalue weighted by Crippen LogP contribution is 2.55. The van der Waals surface area contributed by atoms with E-state index in [1.807, 2.05) is 0 Å². The van der Waals surface area contributed by atoms with Crippen LogP contribution in [0, 0.1) is 0 Å². The van der Waals surface area contributed by atoms with Gasteiger partial charge in [-0.3, -0.25) is 0 Å². The van der Waals surface area contributed by atoms with Crippen molar-refractivity contribution in [3.8, 4) is 44.5 Å². The summed E-state index contributed by atoms with van der Waals surface area (Å²) in [6.07, 6.45) is 0. The SMILES string of the molecule is CC1(C)c2c(-c3cccc(-c4c5ccccc5c(-c5cc6ccccc6c6ccccc56)c5ccccc45)c3)cccc2-c2ccc3ccccc3c21. The summed E-state index contributed by atoms with van der Waals surface area (Å²) in [5.41, 5.74) is 13.1. The van der Waals surface area contributed by atoms with Gasteiger partial charge >= 0.3 is 0 Å². The van der Waals surface area contributed by atoms with Crippen molar-refractivity contribution in [3.63, 3.8) is 0 Å². The zero-order valence-corrected chi connectivity index (χ0v) is 29.8. The first-order chi connectivity index (χ1) is 26.1. The molecule has 0 atom stereocenters. The molecule has 0 spiro atoms. The van der Waals surface area contributed by atoms with E-state index in [1.54, 1.807) is 0 Å². The molecule has 0 aromatic heterocycles. The van der Waals surface area contributed by atoms with Gasteiger partial charge in [0.25, 0.3) is 0 Å². The van der Waals surface area contributed by atoms with Crippen molar-refractivity contribution >= 4 is 53.9 Å². The van der Waals surface area contributed by atoms with E-state index in [0.29, 0.717) is 0 Å². The van der Waals surface area contributed by atoms with E-state index >= 15 is 0 Å². The molecule has 0 aliphatic heterocycles. The minimum absolute atomic E-state index is 0.151. The van der Waals surface area contributed by atoms with Crippen LogP contribution in [-0.2, 0) is 5.41 Å². The largest absolute Gasteiger partial charge is 0.0616 e. The molecule has 0 N–H and O–H groups in total. The Kier molecular flexibility index (Phi) is 6.40. The number of rotatable bonds is 3.